The number of nitrogens with two attached hydrogens (primary N) is 1. The Morgan fingerprint density at radius 2 is 1.85 bits per heavy atom. The molecule has 1 aliphatic rings. The van der Waals surface area contributed by atoms with E-state index in [1.807, 2.05) is 60.4 Å². The Hall–Kier alpha value is -4.72. The quantitative estimate of drug-likeness (QED) is 0.114. The number of imidazole rings is 1. The maximum absolute atomic E-state index is 13.1. The molecule has 0 saturated carbocycles. The van der Waals surface area contributed by atoms with Crippen LogP contribution >= 0.6 is 7.82 Å². The minimum atomic E-state index is -5.35. The minimum absolute atomic E-state index is 0. The number of carbonyl (C=O) groups is 1. The number of fused-ring (bicyclic) bond motifs is 1. The fourth-order valence-corrected chi connectivity index (χ4v) is 5.49. The summed E-state index contributed by atoms with van der Waals surface area (Å²) in [6, 6.07) is 17.2. The first kappa shape index (κ1) is 34.2. The van der Waals surface area contributed by atoms with E-state index in [0.717, 1.165) is 23.1 Å². The molecule has 3 heterocycles. The summed E-state index contributed by atoms with van der Waals surface area (Å²) in [7, 11) is -5.35. The second kappa shape index (κ2) is 14.6. The molecule has 1 aliphatic heterocycles. The Labute approximate surface area is 263 Å². The number of hydrogen-bond acceptors (Lipinski definition) is 12. The number of nitrogens with one attached hydrogen (secondary N) is 1. The number of aliphatic hydroxyl groups is 1. The third-order valence-electron chi connectivity index (χ3n) is 7.22. The maximum Gasteiger partial charge on any atom is 0.265 e. The van der Waals surface area contributed by atoms with Crippen LogP contribution in [0.15, 0.2) is 61.2 Å². The van der Waals surface area contributed by atoms with Crippen molar-refractivity contribution in [3.63, 3.8) is 0 Å². The van der Waals surface area contributed by atoms with Gasteiger partial charge in [-0.3, -0.25) is 13.9 Å². The number of phosphoric ester groups is 1. The molecule has 5 atom stereocenters. The normalized spacial score (nSPS) is 20.6. The Kier molecular flexibility index (Phi) is 10.8. The number of nitriles is 1. The molecule has 2 aromatic carbocycles. The van der Waals surface area contributed by atoms with Crippen molar-refractivity contribution in [1.82, 2.24) is 31.0 Å². The predicted molar refractivity (Wildman–Crippen MR) is 168 cm³/mol. The Bertz CT molecular complexity index is 1770. The van der Waals surface area contributed by atoms with E-state index in [4.69, 9.17) is 20.3 Å². The molecule has 9 N–H and O–H groups in total. The molecular weight excluding hydrogens is 617 g/mol. The van der Waals surface area contributed by atoms with Crippen molar-refractivity contribution >= 4 is 48.6 Å². The Morgan fingerprint density at radius 1 is 1.20 bits per heavy atom. The molecule has 1 fully saturated rings. The number of aliphatic hydroxyl groups excluding tert-OH is 1. The predicted octanol–water partition coefficient (Wildman–Crippen LogP) is 1.57. The van der Waals surface area contributed by atoms with Crippen LogP contribution in [0.2, 0.25) is 0 Å². The molecule has 4 aromatic rings. The van der Waals surface area contributed by atoms with Crippen molar-refractivity contribution in [2.75, 3.05) is 30.3 Å². The number of rotatable bonds is 11. The Balaban J connectivity index is 0.00000480. The van der Waals surface area contributed by atoms with Crippen LogP contribution in [-0.4, -0.2) is 73.4 Å². The second-order valence-corrected chi connectivity index (χ2v) is 11.2. The number of aromatic nitrogens is 4. The van der Waals surface area contributed by atoms with Gasteiger partial charge in [0.15, 0.2) is 23.8 Å². The van der Waals surface area contributed by atoms with Gasteiger partial charge in [0.1, 0.15) is 24.1 Å². The molecule has 1 saturated heterocycles. The third kappa shape index (κ3) is 7.73. The number of nitrogens with zero attached hydrogens (tertiary/aromatic N) is 6. The summed E-state index contributed by atoms with van der Waals surface area (Å²) >= 11 is 0. The number of quaternary nitrogens is 1. The fraction of sp³-hybridized carbons (Fsp3) is 0.276. The lowest BCUT2D eigenvalue weighted by molar-refractivity contribution is -0.229. The van der Waals surface area contributed by atoms with Crippen molar-refractivity contribution in [3.05, 3.63) is 77.9 Å². The number of anilines is 2. The zero-order valence-corrected chi connectivity index (χ0v) is 25.9. The van der Waals surface area contributed by atoms with E-state index in [0.29, 0.717) is 18.7 Å². The first-order valence-electron chi connectivity index (χ1n) is 13.9. The lowest BCUT2D eigenvalue weighted by atomic mass is 10.1. The molecule has 17 heteroatoms. The van der Waals surface area contributed by atoms with Gasteiger partial charge in [-0.25, -0.2) is 15.0 Å². The van der Waals surface area contributed by atoms with Crippen LogP contribution in [0.3, 0.4) is 0 Å². The van der Waals surface area contributed by atoms with Gasteiger partial charge >= 0.3 is 0 Å². The first-order valence-corrected chi connectivity index (χ1v) is 15.4. The molecule has 1 amide bonds. The summed E-state index contributed by atoms with van der Waals surface area (Å²) in [5, 5.41) is 22.5. The molecule has 46 heavy (non-hydrogen) atoms. The van der Waals surface area contributed by atoms with E-state index in [2.05, 4.69) is 26.3 Å². The van der Waals surface area contributed by atoms with Crippen LogP contribution in [0.5, 0.6) is 0 Å². The molecule has 16 nitrogen and oxygen atoms in total. The number of benzene rings is 2. The van der Waals surface area contributed by atoms with Gasteiger partial charge in [-0.2, -0.15) is 5.26 Å². The van der Waals surface area contributed by atoms with Gasteiger partial charge in [0, 0.05) is 25.3 Å². The highest BCUT2D eigenvalue weighted by molar-refractivity contribution is 7.44. The zero-order valence-electron chi connectivity index (χ0n) is 25.0. The molecule has 5 rings (SSSR count). The molecular formula is C29H34N9O7P. The molecule has 0 radical (unpaired) electrons. The smallest absolute Gasteiger partial charge is 0.265 e. The van der Waals surface area contributed by atoms with Crippen LogP contribution in [0.4, 0.5) is 11.5 Å². The van der Waals surface area contributed by atoms with Gasteiger partial charge < -0.3 is 46.3 Å². The van der Waals surface area contributed by atoms with Gasteiger partial charge in [0.2, 0.25) is 0 Å². The average molecular weight is 652 g/mol. The van der Waals surface area contributed by atoms with Crippen molar-refractivity contribution in [3.8, 4) is 6.07 Å². The second-order valence-electron chi connectivity index (χ2n) is 10.1. The van der Waals surface area contributed by atoms with Gasteiger partial charge in [0.05, 0.1) is 18.0 Å². The van der Waals surface area contributed by atoms with E-state index in [9.17, 15) is 24.3 Å². The van der Waals surface area contributed by atoms with Crippen molar-refractivity contribution < 1.29 is 33.5 Å². The summed E-state index contributed by atoms with van der Waals surface area (Å²) < 4.78 is 23.4. The summed E-state index contributed by atoms with van der Waals surface area (Å²) in [6.45, 7) is 3.21. The SMILES string of the molecule is CCN(CCNC(=O)[C@H]1O[C@@H](n2cnc3c(N)ncnc32)[C@H](OP(=O)([O-])O)[C@@H]1O)c1ccc(/C=C/c2ccc(C#N)cc2)cc1.[NH4+]. The van der Waals surface area contributed by atoms with Gasteiger partial charge in [-0.1, -0.05) is 36.4 Å². The molecule has 2 aromatic heterocycles. The molecule has 242 valence electrons. The lowest BCUT2D eigenvalue weighted by Crippen LogP contribution is -2.45. The fourth-order valence-electron chi connectivity index (χ4n) is 4.96. The van der Waals surface area contributed by atoms with Gasteiger partial charge in [0.25, 0.3) is 13.7 Å². The van der Waals surface area contributed by atoms with Crippen molar-refractivity contribution in [2.45, 2.75) is 31.5 Å². The van der Waals surface area contributed by atoms with Crippen LogP contribution in [0, 0.1) is 11.3 Å². The lowest BCUT2D eigenvalue weighted by Gasteiger charge is -2.26. The first-order chi connectivity index (χ1) is 21.6. The number of ether oxygens (including phenoxy) is 1. The number of carbonyl (C=O) groups excluding carboxylic acids is 1. The highest BCUT2D eigenvalue weighted by atomic mass is 31.2. The summed E-state index contributed by atoms with van der Waals surface area (Å²) in [5.74, 6) is -0.662. The Morgan fingerprint density at radius 3 is 2.46 bits per heavy atom. The number of hydrogen-bond donors (Lipinski definition) is 5. The van der Waals surface area contributed by atoms with Crippen molar-refractivity contribution in [1.29, 1.82) is 5.26 Å². The highest BCUT2D eigenvalue weighted by Crippen LogP contribution is 2.42. The van der Waals surface area contributed by atoms with E-state index in [-0.39, 0.29) is 29.7 Å². The number of nitrogen functional groups attached to an aromatic ring is 1. The standard InChI is InChI=1S/C29H31N8O7P.H3N/c1-2-36(21-11-9-19(10-12-21)4-3-18-5-7-20(15-30)8-6-18)14-13-32-28(39)24-23(38)25(44-45(40,41)42)29(43-24)37-17-35-22-26(31)33-16-34-27(22)37;/h3-12,16-17,23-25,29,38H,2,13-14H2,1H3,(H,32,39)(H2,31,33,34)(H2,40,41,42);1H3/b4-3+;/t23-,24+,25-,29-;/m1./s1. The number of likely N-dealkylation sites (N-methyl/N-ethyl adjacent to an activating group) is 1. The molecule has 0 spiro atoms. The monoisotopic (exact) mass is 651 g/mol. The average Bonchev–Trinajstić information content (AvgIpc) is 3.59. The van der Waals surface area contributed by atoms with E-state index < -0.39 is 38.3 Å². The topological polar surface area (TPSA) is 261 Å². The van der Waals surface area contributed by atoms with E-state index in [1.54, 1.807) is 12.1 Å². The molecule has 0 aliphatic carbocycles. The summed E-state index contributed by atoms with van der Waals surface area (Å²) in [5.41, 5.74) is 9.64. The third-order valence-corrected chi connectivity index (χ3v) is 7.73. The van der Waals surface area contributed by atoms with Crippen LogP contribution in [-0.2, 0) is 18.6 Å². The molecule has 1 unspecified atom stereocenters. The van der Waals surface area contributed by atoms with Crippen LogP contribution < -0.4 is 27.0 Å². The van der Waals surface area contributed by atoms with Crippen molar-refractivity contribution in [2.24, 2.45) is 0 Å². The largest absolute Gasteiger partial charge is 0.756 e. The summed E-state index contributed by atoms with van der Waals surface area (Å²) in [4.78, 5) is 48.1. The summed E-state index contributed by atoms with van der Waals surface area (Å²) in [6.07, 6.45) is -0.0980. The zero-order chi connectivity index (χ0) is 32.1. The van der Waals surface area contributed by atoms with Gasteiger partial charge in [-0.15, -0.1) is 0 Å². The van der Waals surface area contributed by atoms with E-state index >= 15 is 0 Å². The van der Waals surface area contributed by atoms with Crippen LogP contribution in [0.1, 0.15) is 29.8 Å². The highest BCUT2D eigenvalue weighted by Gasteiger charge is 2.50. The minimum Gasteiger partial charge on any atom is -0.756 e. The maximum atomic E-state index is 13.1. The van der Waals surface area contributed by atoms with Crippen LogP contribution in [0.25, 0.3) is 23.3 Å². The molecule has 0 bridgehead atoms. The number of phosphoric acid groups is 1. The van der Waals surface area contributed by atoms with E-state index in [1.165, 1.54) is 10.9 Å². The number of amides is 1. The van der Waals surface area contributed by atoms with Gasteiger partial charge in [-0.05, 0) is 42.3 Å².